The van der Waals surface area contributed by atoms with E-state index in [4.69, 9.17) is 0 Å². The van der Waals surface area contributed by atoms with Crippen molar-refractivity contribution < 1.29 is 24.0 Å². The molecule has 41 heavy (non-hydrogen) atoms. The summed E-state index contributed by atoms with van der Waals surface area (Å²) in [5, 5.41) is 2.24. The number of anilines is 1. The number of imide groups is 2. The van der Waals surface area contributed by atoms with Crippen LogP contribution in [0.5, 0.6) is 0 Å². The van der Waals surface area contributed by atoms with Gasteiger partial charge in [0.15, 0.2) is 0 Å². The van der Waals surface area contributed by atoms with Crippen LogP contribution in [0.25, 0.3) is 0 Å². The Hall–Kier alpha value is -3.31. The molecular formula is C30H40N6O5. The Morgan fingerprint density at radius 1 is 0.805 bits per heavy atom. The van der Waals surface area contributed by atoms with Crippen LogP contribution in [0.4, 0.5) is 5.69 Å². The van der Waals surface area contributed by atoms with Crippen LogP contribution >= 0.6 is 0 Å². The second-order valence-corrected chi connectivity index (χ2v) is 12.0. The second-order valence-electron chi connectivity index (χ2n) is 12.0. The molecule has 5 heterocycles. The first kappa shape index (κ1) is 27.8. The maximum Gasteiger partial charge on any atom is 0.262 e. The van der Waals surface area contributed by atoms with E-state index in [1.165, 1.54) is 6.42 Å². The molecule has 0 radical (unpaired) electrons. The van der Waals surface area contributed by atoms with Gasteiger partial charge in [0.2, 0.25) is 17.7 Å². The molecule has 5 amide bonds. The Labute approximate surface area is 240 Å². The Balaban J connectivity index is 0.984. The van der Waals surface area contributed by atoms with Crippen LogP contribution in [0.3, 0.4) is 0 Å². The predicted octanol–water partition coefficient (Wildman–Crippen LogP) is 1.08. The third kappa shape index (κ3) is 5.74. The summed E-state index contributed by atoms with van der Waals surface area (Å²) in [4.78, 5) is 72.9. The van der Waals surface area contributed by atoms with Crippen LogP contribution in [-0.2, 0) is 14.4 Å². The number of rotatable bonds is 6. The molecule has 5 aliphatic rings. The number of likely N-dealkylation sites (tertiary alicyclic amines) is 2. The highest BCUT2D eigenvalue weighted by atomic mass is 16.2. The highest BCUT2D eigenvalue weighted by molar-refractivity contribution is 6.23. The first-order valence-corrected chi connectivity index (χ1v) is 15.2. The van der Waals surface area contributed by atoms with Gasteiger partial charge >= 0.3 is 0 Å². The molecule has 11 heteroatoms. The number of piperazine rings is 1. The Bertz CT molecular complexity index is 1210. The summed E-state index contributed by atoms with van der Waals surface area (Å²) in [6.45, 7) is 8.31. The van der Waals surface area contributed by atoms with E-state index in [0.29, 0.717) is 29.5 Å². The Kier molecular flexibility index (Phi) is 8.07. The fourth-order valence-electron chi connectivity index (χ4n) is 7.06. The highest BCUT2D eigenvalue weighted by Crippen LogP contribution is 2.31. The number of nitrogens with zero attached hydrogens (tertiary/aromatic N) is 5. The van der Waals surface area contributed by atoms with Crippen LogP contribution < -0.4 is 10.2 Å². The summed E-state index contributed by atoms with van der Waals surface area (Å²) in [7, 11) is 0. The fourth-order valence-corrected chi connectivity index (χ4v) is 7.06. The van der Waals surface area contributed by atoms with Gasteiger partial charge < -0.3 is 14.7 Å². The number of piperidine rings is 3. The van der Waals surface area contributed by atoms with Crippen molar-refractivity contribution in [2.45, 2.75) is 63.5 Å². The monoisotopic (exact) mass is 564 g/mol. The Morgan fingerprint density at radius 3 is 2.22 bits per heavy atom. The number of nitrogens with one attached hydrogen (secondary N) is 1. The van der Waals surface area contributed by atoms with E-state index in [9.17, 15) is 24.0 Å². The molecule has 0 saturated carbocycles. The summed E-state index contributed by atoms with van der Waals surface area (Å²) in [6, 6.07) is 4.95. The molecule has 4 fully saturated rings. The van der Waals surface area contributed by atoms with Gasteiger partial charge in [0.1, 0.15) is 6.04 Å². The van der Waals surface area contributed by atoms with E-state index in [2.05, 4.69) is 20.0 Å². The number of hydrogen-bond donors (Lipinski definition) is 1. The van der Waals surface area contributed by atoms with E-state index in [1.807, 2.05) is 11.0 Å². The third-order valence-corrected chi connectivity index (χ3v) is 9.53. The average molecular weight is 565 g/mol. The molecule has 1 unspecified atom stereocenters. The van der Waals surface area contributed by atoms with Crippen molar-refractivity contribution in [3.05, 3.63) is 29.3 Å². The minimum absolute atomic E-state index is 0.108. The zero-order valence-electron chi connectivity index (χ0n) is 23.7. The van der Waals surface area contributed by atoms with Gasteiger partial charge in [-0.25, -0.2) is 0 Å². The lowest BCUT2D eigenvalue weighted by atomic mass is 10.0. The molecule has 0 aliphatic carbocycles. The Morgan fingerprint density at radius 2 is 1.51 bits per heavy atom. The quantitative estimate of drug-likeness (QED) is 0.511. The van der Waals surface area contributed by atoms with Crippen molar-refractivity contribution >= 4 is 35.2 Å². The highest BCUT2D eigenvalue weighted by Gasteiger charge is 2.44. The van der Waals surface area contributed by atoms with E-state index in [1.54, 1.807) is 12.1 Å². The van der Waals surface area contributed by atoms with Crippen molar-refractivity contribution in [3.63, 3.8) is 0 Å². The summed E-state index contributed by atoms with van der Waals surface area (Å²) in [6.07, 6.45) is 6.63. The molecule has 1 aromatic rings. The van der Waals surface area contributed by atoms with Crippen LogP contribution in [0, 0.1) is 0 Å². The molecule has 1 atom stereocenters. The predicted molar refractivity (Wildman–Crippen MR) is 151 cm³/mol. The lowest BCUT2D eigenvalue weighted by Crippen LogP contribution is -2.54. The van der Waals surface area contributed by atoms with Gasteiger partial charge in [0.05, 0.1) is 11.1 Å². The summed E-state index contributed by atoms with van der Waals surface area (Å²) >= 11 is 0. The molecule has 0 bridgehead atoms. The molecule has 11 nitrogen and oxygen atoms in total. The van der Waals surface area contributed by atoms with E-state index in [-0.39, 0.29) is 18.7 Å². The minimum Gasteiger partial charge on any atom is -0.369 e. The number of hydrogen-bond acceptors (Lipinski definition) is 8. The molecule has 220 valence electrons. The smallest absolute Gasteiger partial charge is 0.262 e. The normalized spacial score (nSPS) is 25.1. The molecule has 0 spiro atoms. The van der Waals surface area contributed by atoms with Crippen LogP contribution in [0.1, 0.15) is 72.1 Å². The zero-order chi connectivity index (χ0) is 28.5. The van der Waals surface area contributed by atoms with E-state index in [0.717, 1.165) is 95.2 Å². The van der Waals surface area contributed by atoms with Gasteiger partial charge in [-0.2, -0.15) is 0 Å². The maximum absolute atomic E-state index is 13.2. The zero-order valence-corrected chi connectivity index (χ0v) is 23.7. The van der Waals surface area contributed by atoms with Crippen LogP contribution in [-0.4, -0.2) is 120 Å². The van der Waals surface area contributed by atoms with Gasteiger partial charge in [-0.1, -0.05) is 0 Å². The molecular weight excluding hydrogens is 524 g/mol. The fraction of sp³-hybridized carbons (Fsp3) is 0.633. The topological polar surface area (TPSA) is 114 Å². The van der Waals surface area contributed by atoms with E-state index >= 15 is 0 Å². The number of carbonyl (C=O) groups excluding carboxylic acids is 5. The van der Waals surface area contributed by atoms with Gasteiger partial charge in [0, 0.05) is 70.4 Å². The van der Waals surface area contributed by atoms with Crippen molar-refractivity contribution in [3.8, 4) is 0 Å². The largest absolute Gasteiger partial charge is 0.369 e. The van der Waals surface area contributed by atoms with Crippen molar-refractivity contribution in [1.29, 1.82) is 0 Å². The van der Waals surface area contributed by atoms with Gasteiger partial charge in [-0.05, 0) is 69.8 Å². The van der Waals surface area contributed by atoms with Crippen molar-refractivity contribution in [1.82, 2.24) is 24.9 Å². The van der Waals surface area contributed by atoms with Crippen LogP contribution in [0.15, 0.2) is 18.2 Å². The van der Waals surface area contributed by atoms with Gasteiger partial charge in [0.25, 0.3) is 11.8 Å². The van der Waals surface area contributed by atoms with Gasteiger partial charge in [-0.3, -0.25) is 39.1 Å². The first-order valence-electron chi connectivity index (χ1n) is 15.2. The molecule has 0 aromatic heterocycles. The summed E-state index contributed by atoms with van der Waals surface area (Å²) < 4.78 is 0. The average Bonchev–Trinajstić information content (AvgIpc) is 3.25. The summed E-state index contributed by atoms with van der Waals surface area (Å²) in [5.41, 5.74) is 1.54. The number of fused-ring (bicyclic) bond motifs is 1. The molecule has 1 aromatic carbocycles. The summed E-state index contributed by atoms with van der Waals surface area (Å²) in [5.74, 6) is -1.61. The van der Waals surface area contributed by atoms with Crippen molar-refractivity contribution in [2.24, 2.45) is 0 Å². The third-order valence-electron chi connectivity index (χ3n) is 9.53. The maximum atomic E-state index is 13.2. The van der Waals surface area contributed by atoms with E-state index < -0.39 is 23.8 Å². The lowest BCUT2D eigenvalue weighted by Gasteiger charge is -2.43. The standard InChI is InChI=1S/C30H40N6O5/c37-26-7-6-25(28(39)31-26)36-29(40)23-5-4-22(20-24(23)30(36)41)34-18-16-33(17-19-34)21-8-13-32(14-9-21)15-10-27(38)35-11-2-1-3-12-35/h4-5,20-21,25H,1-3,6-19H2,(H,31,37,39). The number of amides is 5. The lowest BCUT2D eigenvalue weighted by molar-refractivity contribution is -0.136. The van der Waals surface area contributed by atoms with Crippen LogP contribution in [0.2, 0.25) is 0 Å². The number of benzene rings is 1. The first-order chi connectivity index (χ1) is 19.9. The molecule has 4 saturated heterocycles. The minimum atomic E-state index is -0.950. The van der Waals surface area contributed by atoms with Crippen molar-refractivity contribution in [2.75, 3.05) is 63.8 Å². The molecule has 5 aliphatic heterocycles. The molecule has 6 rings (SSSR count). The SMILES string of the molecule is O=C1CCC(N2C(=O)c3ccc(N4CCN(C5CCN(CCC(=O)N6CCCCC6)CC5)CC4)cc3C2=O)C(=O)N1. The molecule has 1 N–H and O–H groups in total. The number of carbonyl (C=O) groups is 5. The van der Waals surface area contributed by atoms with Gasteiger partial charge in [-0.15, -0.1) is 0 Å². The second kappa shape index (κ2) is 11.9.